The fourth-order valence-electron chi connectivity index (χ4n) is 2.30. The number of hydrogen-bond donors (Lipinski definition) is 2. The van der Waals surface area contributed by atoms with E-state index in [9.17, 15) is 4.79 Å². The highest BCUT2D eigenvalue weighted by Crippen LogP contribution is 2.21. The molecule has 3 rings (SSSR count). The van der Waals surface area contributed by atoms with Gasteiger partial charge in [0, 0.05) is 17.0 Å². The van der Waals surface area contributed by atoms with E-state index < -0.39 is 0 Å². The number of nitriles is 1. The molecule has 1 aromatic carbocycles. The van der Waals surface area contributed by atoms with E-state index >= 15 is 0 Å². The Kier molecular flexibility index (Phi) is 3.39. The molecule has 1 amide bonds. The lowest BCUT2D eigenvalue weighted by atomic mass is 10.1. The topological polar surface area (TPSA) is 94.7 Å². The summed E-state index contributed by atoms with van der Waals surface area (Å²) in [5.74, 6) is -0.112. The molecule has 0 saturated heterocycles. The molecule has 0 saturated carbocycles. The van der Waals surface area contributed by atoms with Crippen LogP contribution in [0.5, 0.6) is 0 Å². The minimum Gasteiger partial charge on any atom is -0.351 e. The molecule has 0 fully saturated rings. The Hall–Kier alpha value is -3.07. The van der Waals surface area contributed by atoms with Crippen molar-refractivity contribution in [3.63, 3.8) is 0 Å². The van der Waals surface area contributed by atoms with Gasteiger partial charge in [0.05, 0.1) is 11.7 Å². The van der Waals surface area contributed by atoms with Gasteiger partial charge in [-0.15, -0.1) is 0 Å². The van der Waals surface area contributed by atoms with Crippen molar-refractivity contribution in [2.24, 2.45) is 0 Å². The lowest BCUT2D eigenvalue weighted by Crippen LogP contribution is -2.26. The predicted molar refractivity (Wildman–Crippen MR) is 80.1 cm³/mol. The second-order valence-electron chi connectivity index (χ2n) is 5.17. The Morgan fingerprint density at radius 3 is 2.91 bits per heavy atom. The lowest BCUT2D eigenvalue weighted by Gasteiger charge is -2.13. The number of aromatic amines is 1. The van der Waals surface area contributed by atoms with Crippen molar-refractivity contribution in [3.05, 3.63) is 53.0 Å². The van der Waals surface area contributed by atoms with Crippen LogP contribution in [0.15, 0.2) is 34.9 Å². The summed E-state index contributed by atoms with van der Waals surface area (Å²) in [6.45, 7) is 3.65. The Morgan fingerprint density at radius 1 is 1.41 bits per heavy atom. The lowest BCUT2D eigenvalue weighted by molar-refractivity contribution is 0.0902. The van der Waals surface area contributed by atoms with Crippen LogP contribution in [0.3, 0.4) is 0 Å². The standard InChI is InChI=1S/C16H14N4O2/c1-9-5-15(22-20-9)16(21)18-10(2)11-3-4-14-12(6-11)7-13(8-17)19-14/h3-7,10,19H,1-2H3,(H,18,21). The molecule has 6 heteroatoms. The number of amides is 1. The molecule has 1 atom stereocenters. The average molecular weight is 294 g/mol. The minimum atomic E-state index is -0.306. The second kappa shape index (κ2) is 5.37. The number of H-pyrrole nitrogens is 1. The Balaban J connectivity index is 1.81. The monoisotopic (exact) mass is 294 g/mol. The second-order valence-corrected chi connectivity index (χ2v) is 5.17. The fourth-order valence-corrected chi connectivity index (χ4v) is 2.30. The quantitative estimate of drug-likeness (QED) is 0.776. The van der Waals surface area contributed by atoms with Crippen LogP contribution < -0.4 is 5.32 Å². The Morgan fingerprint density at radius 2 is 2.23 bits per heavy atom. The normalized spacial score (nSPS) is 12.0. The molecule has 0 radical (unpaired) electrons. The number of hydrogen-bond acceptors (Lipinski definition) is 4. The number of nitrogens with zero attached hydrogens (tertiary/aromatic N) is 2. The van der Waals surface area contributed by atoms with Crippen molar-refractivity contribution in [1.29, 1.82) is 5.26 Å². The highest BCUT2D eigenvalue weighted by molar-refractivity contribution is 5.91. The summed E-state index contributed by atoms with van der Waals surface area (Å²) in [4.78, 5) is 15.1. The summed E-state index contributed by atoms with van der Waals surface area (Å²) >= 11 is 0. The fraction of sp³-hybridized carbons (Fsp3) is 0.188. The van der Waals surface area contributed by atoms with Gasteiger partial charge in [0.1, 0.15) is 11.8 Å². The van der Waals surface area contributed by atoms with Crippen molar-refractivity contribution in [1.82, 2.24) is 15.5 Å². The summed E-state index contributed by atoms with van der Waals surface area (Å²) in [7, 11) is 0. The molecule has 6 nitrogen and oxygen atoms in total. The van der Waals surface area contributed by atoms with Crippen LogP contribution in [0.4, 0.5) is 0 Å². The van der Waals surface area contributed by atoms with Gasteiger partial charge in [0.15, 0.2) is 0 Å². The predicted octanol–water partition coefficient (Wildman–Crippen LogP) is 2.83. The highest BCUT2D eigenvalue weighted by atomic mass is 16.5. The van der Waals surface area contributed by atoms with Gasteiger partial charge in [-0.1, -0.05) is 11.2 Å². The highest BCUT2D eigenvalue weighted by Gasteiger charge is 2.15. The molecule has 0 aliphatic rings. The molecular weight excluding hydrogens is 280 g/mol. The molecule has 0 bridgehead atoms. The molecule has 2 N–H and O–H groups in total. The molecule has 3 aromatic rings. The number of aryl methyl sites for hydroxylation is 1. The van der Waals surface area contributed by atoms with Crippen molar-refractivity contribution in [2.75, 3.05) is 0 Å². The number of benzene rings is 1. The summed E-state index contributed by atoms with van der Waals surface area (Å²) < 4.78 is 4.95. The number of carbonyl (C=O) groups is 1. The number of fused-ring (bicyclic) bond motifs is 1. The molecule has 22 heavy (non-hydrogen) atoms. The SMILES string of the molecule is Cc1cc(C(=O)NC(C)c2ccc3[nH]c(C#N)cc3c2)on1. The third-order valence-corrected chi connectivity index (χ3v) is 3.46. The van der Waals surface area contributed by atoms with E-state index in [0.29, 0.717) is 11.4 Å². The van der Waals surface area contributed by atoms with Crippen molar-refractivity contribution >= 4 is 16.8 Å². The average Bonchev–Trinajstić information content (AvgIpc) is 3.11. The van der Waals surface area contributed by atoms with Gasteiger partial charge in [0.25, 0.3) is 5.91 Å². The molecule has 110 valence electrons. The maximum atomic E-state index is 12.1. The van der Waals surface area contributed by atoms with Gasteiger partial charge in [-0.2, -0.15) is 5.26 Å². The first-order chi connectivity index (χ1) is 10.6. The Bertz CT molecular complexity index is 885. The number of carbonyl (C=O) groups excluding carboxylic acids is 1. The van der Waals surface area contributed by atoms with Gasteiger partial charge < -0.3 is 14.8 Å². The van der Waals surface area contributed by atoms with Gasteiger partial charge in [-0.3, -0.25) is 4.79 Å². The van der Waals surface area contributed by atoms with Crippen LogP contribution in [-0.2, 0) is 0 Å². The summed E-state index contributed by atoms with van der Waals surface area (Å²) in [5.41, 5.74) is 3.02. The molecule has 0 spiro atoms. The number of aromatic nitrogens is 2. The van der Waals surface area contributed by atoms with E-state index in [0.717, 1.165) is 16.5 Å². The summed E-state index contributed by atoms with van der Waals surface area (Å²) in [5, 5.41) is 16.4. The van der Waals surface area contributed by atoms with Crippen LogP contribution in [-0.4, -0.2) is 16.0 Å². The van der Waals surface area contributed by atoms with Gasteiger partial charge in [-0.25, -0.2) is 0 Å². The van der Waals surface area contributed by atoms with Crippen LogP contribution in [0.25, 0.3) is 10.9 Å². The maximum Gasteiger partial charge on any atom is 0.290 e. The zero-order valence-corrected chi connectivity index (χ0v) is 12.2. The third-order valence-electron chi connectivity index (χ3n) is 3.46. The summed E-state index contributed by atoms with van der Waals surface area (Å²) in [6, 6.07) is 11.0. The van der Waals surface area contributed by atoms with Crippen LogP contribution in [0.1, 0.15) is 40.5 Å². The van der Waals surface area contributed by atoms with Gasteiger partial charge in [0.2, 0.25) is 5.76 Å². The third kappa shape index (κ3) is 2.56. The number of rotatable bonds is 3. The van der Waals surface area contributed by atoms with Crippen LogP contribution in [0, 0.1) is 18.3 Å². The largest absolute Gasteiger partial charge is 0.351 e. The van der Waals surface area contributed by atoms with Crippen molar-refractivity contribution in [2.45, 2.75) is 19.9 Å². The minimum absolute atomic E-state index is 0.192. The molecule has 1 unspecified atom stereocenters. The van der Waals surface area contributed by atoms with E-state index in [1.165, 1.54) is 0 Å². The van der Waals surface area contributed by atoms with E-state index in [2.05, 4.69) is 21.5 Å². The maximum absolute atomic E-state index is 12.1. The molecule has 0 aliphatic heterocycles. The van der Waals surface area contributed by atoms with Crippen molar-refractivity contribution in [3.8, 4) is 6.07 Å². The first-order valence-electron chi connectivity index (χ1n) is 6.84. The Labute approximate surface area is 126 Å². The van der Waals surface area contributed by atoms with E-state index in [4.69, 9.17) is 9.78 Å². The first-order valence-corrected chi connectivity index (χ1v) is 6.84. The van der Waals surface area contributed by atoms with Crippen LogP contribution >= 0.6 is 0 Å². The first kappa shape index (κ1) is 13.9. The number of nitrogens with one attached hydrogen (secondary N) is 2. The summed E-state index contributed by atoms with van der Waals surface area (Å²) in [6.07, 6.45) is 0. The molecule has 2 aromatic heterocycles. The van der Waals surface area contributed by atoms with Gasteiger partial charge >= 0.3 is 0 Å². The smallest absolute Gasteiger partial charge is 0.290 e. The van der Waals surface area contributed by atoms with Crippen molar-refractivity contribution < 1.29 is 9.32 Å². The molecule has 2 heterocycles. The molecular formula is C16H14N4O2. The van der Waals surface area contributed by atoms with E-state index in [-0.39, 0.29) is 17.7 Å². The van der Waals surface area contributed by atoms with Gasteiger partial charge in [-0.05, 0) is 37.6 Å². The zero-order valence-electron chi connectivity index (χ0n) is 12.2. The van der Waals surface area contributed by atoms with E-state index in [1.54, 1.807) is 19.1 Å². The zero-order chi connectivity index (χ0) is 15.7. The van der Waals surface area contributed by atoms with E-state index in [1.807, 2.05) is 25.1 Å². The molecule has 0 aliphatic carbocycles. The van der Waals surface area contributed by atoms with Crippen LogP contribution in [0.2, 0.25) is 0 Å².